The molecule has 0 atom stereocenters. The highest BCUT2D eigenvalue weighted by Crippen LogP contribution is 2.16. The van der Waals surface area contributed by atoms with Crippen LogP contribution in [-0.4, -0.2) is 73.6 Å². The van der Waals surface area contributed by atoms with E-state index in [0.29, 0.717) is 0 Å². The second kappa shape index (κ2) is 44.0. The van der Waals surface area contributed by atoms with E-state index in [-0.39, 0.29) is 0 Å². The van der Waals surface area contributed by atoms with Crippen molar-refractivity contribution in [3.05, 3.63) is 0 Å². The molecule has 0 unspecified atom stereocenters. The van der Waals surface area contributed by atoms with Gasteiger partial charge in [0.25, 0.3) is 0 Å². The van der Waals surface area contributed by atoms with Crippen LogP contribution < -0.4 is 0 Å². The first-order valence-electron chi connectivity index (χ1n) is 26.0. The summed E-state index contributed by atoms with van der Waals surface area (Å²) in [6.07, 6.45) is 56.6. The zero-order valence-electron chi connectivity index (χ0n) is 38.3. The van der Waals surface area contributed by atoms with Gasteiger partial charge < -0.3 is 14.7 Å². The minimum absolute atomic E-state index is 1.29. The van der Waals surface area contributed by atoms with Gasteiger partial charge in [-0.25, -0.2) is 0 Å². The summed E-state index contributed by atoms with van der Waals surface area (Å²) in [5, 5.41) is 0. The summed E-state index contributed by atoms with van der Waals surface area (Å²) >= 11 is 0. The molecule has 0 N–H and O–H groups in total. The molecule has 3 nitrogen and oxygen atoms in total. The van der Waals surface area contributed by atoms with E-state index < -0.39 is 0 Å². The van der Waals surface area contributed by atoms with Crippen molar-refractivity contribution >= 4 is 0 Å². The van der Waals surface area contributed by atoms with Crippen LogP contribution in [0.1, 0.15) is 271 Å². The molecule has 0 spiro atoms. The Morgan fingerprint density at radius 3 is 0.778 bits per heavy atom. The first-order valence-corrected chi connectivity index (χ1v) is 26.0. The highest BCUT2D eigenvalue weighted by atomic mass is 15.2. The van der Waals surface area contributed by atoms with Crippen LogP contribution in [0.2, 0.25) is 0 Å². The highest BCUT2D eigenvalue weighted by Gasteiger charge is 2.14. The summed E-state index contributed by atoms with van der Waals surface area (Å²) in [6.45, 7) is 18.9. The lowest BCUT2D eigenvalue weighted by molar-refractivity contribution is 0.159. The van der Waals surface area contributed by atoms with Gasteiger partial charge in [-0.05, 0) is 64.8 Å². The third kappa shape index (κ3) is 37.5. The minimum Gasteiger partial charge on any atom is -0.302 e. The zero-order chi connectivity index (χ0) is 38.7. The maximum atomic E-state index is 2.91. The standard InChI is InChI=1S/C51H105N3/c1-4-7-10-13-16-19-22-25-28-31-34-38-43-52(44-39-35-32-29-26-23-20-17-14-11-8-5-2)48-50-54(51-49-53-45-41-37-42-46-53)47-40-36-33-30-27-24-21-18-15-12-9-6-3/h4-51H2,1-3H3. The summed E-state index contributed by atoms with van der Waals surface area (Å²) in [5.74, 6) is 0. The number of hydrogen-bond acceptors (Lipinski definition) is 3. The predicted molar refractivity (Wildman–Crippen MR) is 246 cm³/mol. The Hall–Kier alpha value is -0.120. The molecule has 0 aromatic rings. The molecule has 54 heavy (non-hydrogen) atoms. The first kappa shape index (κ1) is 51.9. The summed E-state index contributed by atoms with van der Waals surface area (Å²) in [7, 11) is 0. The minimum atomic E-state index is 1.29. The van der Waals surface area contributed by atoms with Crippen LogP contribution in [0.25, 0.3) is 0 Å². The molecule has 0 aliphatic carbocycles. The molecule has 0 bridgehead atoms. The van der Waals surface area contributed by atoms with Gasteiger partial charge in [-0.1, -0.05) is 239 Å². The number of likely N-dealkylation sites (tertiary alicyclic amines) is 1. The molecule has 1 aliphatic heterocycles. The molecule has 0 aromatic heterocycles. The normalized spacial score (nSPS) is 13.9. The second-order valence-corrected chi connectivity index (χ2v) is 18.3. The lowest BCUT2D eigenvalue weighted by Crippen LogP contribution is -2.41. The van der Waals surface area contributed by atoms with E-state index in [2.05, 4.69) is 35.5 Å². The number of nitrogens with zero attached hydrogens (tertiary/aromatic N) is 3. The molecule has 1 heterocycles. The monoisotopic (exact) mass is 760 g/mol. The van der Waals surface area contributed by atoms with Crippen molar-refractivity contribution in [3.8, 4) is 0 Å². The van der Waals surface area contributed by atoms with Gasteiger partial charge in [-0.3, -0.25) is 0 Å². The molecule has 0 amide bonds. The largest absolute Gasteiger partial charge is 0.302 e. The number of rotatable bonds is 45. The van der Waals surface area contributed by atoms with Crippen LogP contribution in [0.3, 0.4) is 0 Å². The fourth-order valence-corrected chi connectivity index (χ4v) is 8.95. The Labute approximate surface area is 343 Å². The van der Waals surface area contributed by atoms with Crippen LogP contribution in [0.15, 0.2) is 0 Å². The van der Waals surface area contributed by atoms with Crippen molar-refractivity contribution in [2.45, 2.75) is 271 Å². The number of piperidine rings is 1. The van der Waals surface area contributed by atoms with Crippen LogP contribution in [0.4, 0.5) is 0 Å². The second-order valence-electron chi connectivity index (χ2n) is 18.3. The fraction of sp³-hybridized carbons (Fsp3) is 1.00. The molecule has 1 aliphatic rings. The Morgan fingerprint density at radius 1 is 0.259 bits per heavy atom. The van der Waals surface area contributed by atoms with Crippen molar-refractivity contribution in [2.24, 2.45) is 0 Å². The maximum absolute atomic E-state index is 2.91. The maximum Gasteiger partial charge on any atom is 0.0110 e. The Morgan fingerprint density at radius 2 is 0.500 bits per heavy atom. The molecule has 0 radical (unpaired) electrons. The van der Waals surface area contributed by atoms with E-state index in [0.717, 1.165) is 0 Å². The molecular formula is C51H105N3. The zero-order valence-corrected chi connectivity index (χ0v) is 38.3. The van der Waals surface area contributed by atoms with Crippen LogP contribution >= 0.6 is 0 Å². The lowest BCUT2D eigenvalue weighted by atomic mass is 10.0. The lowest BCUT2D eigenvalue weighted by Gasteiger charge is -2.31. The summed E-state index contributed by atoms with van der Waals surface area (Å²) in [4.78, 5) is 8.57. The van der Waals surface area contributed by atoms with Crippen LogP contribution in [-0.2, 0) is 0 Å². The predicted octanol–water partition coefficient (Wildman–Crippen LogP) is 16.2. The molecule has 1 saturated heterocycles. The quantitative estimate of drug-likeness (QED) is 0.0573. The fourth-order valence-electron chi connectivity index (χ4n) is 8.95. The van der Waals surface area contributed by atoms with Gasteiger partial charge in [-0.15, -0.1) is 0 Å². The Bertz CT molecular complexity index is 648. The van der Waals surface area contributed by atoms with Crippen molar-refractivity contribution in [1.82, 2.24) is 14.7 Å². The van der Waals surface area contributed by atoms with Crippen molar-refractivity contribution in [1.29, 1.82) is 0 Å². The van der Waals surface area contributed by atoms with E-state index >= 15 is 0 Å². The van der Waals surface area contributed by atoms with Gasteiger partial charge in [0.05, 0.1) is 0 Å². The molecule has 0 aromatic carbocycles. The molecule has 324 valence electrons. The molecule has 0 saturated carbocycles. The van der Waals surface area contributed by atoms with Crippen LogP contribution in [0, 0.1) is 0 Å². The summed E-state index contributed by atoms with van der Waals surface area (Å²) in [5.41, 5.74) is 0. The van der Waals surface area contributed by atoms with E-state index in [4.69, 9.17) is 0 Å². The van der Waals surface area contributed by atoms with Crippen LogP contribution in [0.5, 0.6) is 0 Å². The average molecular weight is 760 g/mol. The number of hydrogen-bond donors (Lipinski definition) is 0. The van der Waals surface area contributed by atoms with Gasteiger partial charge in [0, 0.05) is 26.2 Å². The van der Waals surface area contributed by atoms with E-state index in [1.54, 1.807) is 0 Å². The van der Waals surface area contributed by atoms with Gasteiger partial charge in [0.15, 0.2) is 0 Å². The first-order chi connectivity index (χ1) is 26.8. The van der Waals surface area contributed by atoms with Crippen molar-refractivity contribution in [2.75, 3.05) is 58.9 Å². The SMILES string of the molecule is CCCCCCCCCCCCCCN(CCCCCCCCCCCCCC)CCN(CCCCCCCCCCCCCC)CCN1CCCCC1. The Kier molecular flexibility index (Phi) is 42.3. The summed E-state index contributed by atoms with van der Waals surface area (Å²) in [6, 6.07) is 0. The van der Waals surface area contributed by atoms with E-state index in [1.165, 1.54) is 309 Å². The van der Waals surface area contributed by atoms with Crippen molar-refractivity contribution in [3.63, 3.8) is 0 Å². The van der Waals surface area contributed by atoms with Gasteiger partial charge >= 0.3 is 0 Å². The average Bonchev–Trinajstić information content (AvgIpc) is 3.19. The van der Waals surface area contributed by atoms with Gasteiger partial charge in [-0.2, -0.15) is 0 Å². The van der Waals surface area contributed by atoms with Crippen molar-refractivity contribution < 1.29 is 0 Å². The Balaban J connectivity index is 2.43. The topological polar surface area (TPSA) is 9.72 Å². The molecule has 3 heteroatoms. The highest BCUT2D eigenvalue weighted by molar-refractivity contribution is 4.70. The van der Waals surface area contributed by atoms with Gasteiger partial charge in [0.1, 0.15) is 0 Å². The van der Waals surface area contributed by atoms with E-state index in [1.807, 2.05) is 0 Å². The smallest absolute Gasteiger partial charge is 0.0110 e. The molecule has 1 fully saturated rings. The summed E-state index contributed by atoms with van der Waals surface area (Å²) < 4.78 is 0. The molecular weight excluding hydrogens is 655 g/mol. The third-order valence-corrected chi connectivity index (χ3v) is 12.9. The van der Waals surface area contributed by atoms with E-state index in [9.17, 15) is 0 Å². The molecule has 1 rings (SSSR count). The van der Waals surface area contributed by atoms with Gasteiger partial charge in [0.2, 0.25) is 0 Å². The third-order valence-electron chi connectivity index (χ3n) is 12.9. The number of unbranched alkanes of at least 4 members (excludes halogenated alkanes) is 33.